The zero-order chi connectivity index (χ0) is 16.2. The third kappa shape index (κ3) is 2.93. The minimum Gasteiger partial charge on any atom is -0.361 e. The number of benzene rings is 3. The van der Waals surface area contributed by atoms with E-state index in [9.17, 15) is 0 Å². The van der Waals surface area contributed by atoms with Crippen LogP contribution in [0.5, 0.6) is 0 Å². The van der Waals surface area contributed by atoms with Gasteiger partial charge in [0.15, 0.2) is 0 Å². The van der Waals surface area contributed by atoms with Crippen molar-refractivity contribution in [2.75, 3.05) is 18.0 Å². The van der Waals surface area contributed by atoms with E-state index in [0.29, 0.717) is 0 Å². The Kier molecular flexibility index (Phi) is 4.30. The van der Waals surface area contributed by atoms with Crippen molar-refractivity contribution >= 4 is 5.69 Å². The van der Waals surface area contributed by atoms with Gasteiger partial charge in [-0.1, -0.05) is 78.9 Å². The molecule has 1 heterocycles. The van der Waals surface area contributed by atoms with Crippen LogP contribution in [0.25, 0.3) is 0 Å². The van der Waals surface area contributed by atoms with Crippen LogP contribution >= 0.6 is 0 Å². The largest absolute Gasteiger partial charge is 0.361 e. The van der Waals surface area contributed by atoms with Crippen LogP contribution in [0.4, 0.5) is 5.69 Å². The third-order valence-corrected chi connectivity index (χ3v) is 4.67. The van der Waals surface area contributed by atoms with E-state index in [0.717, 1.165) is 13.1 Å². The van der Waals surface area contributed by atoms with Gasteiger partial charge in [0, 0.05) is 18.8 Å². The lowest BCUT2D eigenvalue weighted by atomic mass is 9.90. The van der Waals surface area contributed by atoms with E-state index in [2.05, 4.69) is 95.9 Å². The molecule has 0 saturated carbocycles. The molecule has 1 fully saturated rings. The molecule has 0 aliphatic carbocycles. The molecule has 1 aliphatic heterocycles. The summed E-state index contributed by atoms with van der Waals surface area (Å²) in [6.45, 7) is 1.81. The smallest absolute Gasteiger partial charge is 0.0753 e. The fraction of sp³-hybridized carbons (Fsp3) is 0.182. The maximum atomic E-state index is 4.99. The molecule has 2 unspecified atom stereocenters. The molecule has 0 spiro atoms. The molecule has 3 aromatic carbocycles. The Morgan fingerprint density at radius 1 is 0.667 bits per heavy atom. The van der Waals surface area contributed by atoms with Gasteiger partial charge in [-0.3, -0.25) is 0 Å². The van der Waals surface area contributed by atoms with Crippen LogP contribution in [-0.4, -0.2) is 13.1 Å². The van der Waals surface area contributed by atoms with Crippen molar-refractivity contribution in [1.82, 2.24) is 5.32 Å². The van der Waals surface area contributed by atoms with Crippen LogP contribution in [-0.2, 0) is 0 Å². The lowest BCUT2D eigenvalue weighted by Crippen LogP contribution is -2.45. The van der Waals surface area contributed by atoms with Gasteiger partial charge in [-0.15, -0.1) is 0 Å². The Morgan fingerprint density at radius 3 is 1.83 bits per heavy atom. The fourth-order valence-corrected chi connectivity index (χ4v) is 3.57. The molecular weight excluding hydrogens is 292 g/mol. The molecule has 0 amide bonds. The van der Waals surface area contributed by atoms with Gasteiger partial charge in [0.1, 0.15) is 0 Å². The lowest BCUT2D eigenvalue weighted by molar-refractivity contribution is 0.372. The maximum Gasteiger partial charge on any atom is 0.0753 e. The highest BCUT2D eigenvalue weighted by Crippen LogP contribution is 2.39. The summed E-state index contributed by atoms with van der Waals surface area (Å²) in [4.78, 5) is 2.50. The molecular formula is C22H21N2. The van der Waals surface area contributed by atoms with E-state index >= 15 is 0 Å². The third-order valence-electron chi connectivity index (χ3n) is 4.67. The zero-order valence-electron chi connectivity index (χ0n) is 13.6. The molecule has 2 nitrogen and oxygen atoms in total. The molecule has 1 aliphatic rings. The summed E-state index contributed by atoms with van der Waals surface area (Å²) in [5.74, 6) is 0. The summed E-state index contributed by atoms with van der Waals surface area (Å²) in [6.07, 6.45) is 0. The molecule has 1 radical (unpaired) electrons. The van der Waals surface area contributed by atoms with Crippen LogP contribution < -0.4 is 10.2 Å². The van der Waals surface area contributed by atoms with E-state index in [4.69, 9.17) is 5.32 Å². The quantitative estimate of drug-likeness (QED) is 0.691. The Morgan fingerprint density at radius 2 is 1.21 bits per heavy atom. The van der Waals surface area contributed by atoms with E-state index in [1.165, 1.54) is 16.8 Å². The lowest BCUT2D eigenvalue weighted by Gasteiger charge is -2.43. The first-order chi connectivity index (χ1) is 11.9. The molecule has 2 heteroatoms. The van der Waals surface area contributed by atoms with Gasteiger partial charge in [0.2, 0.25) is 0 Å². The molecule has 0 N–H and O–H groups in total. The summed E-state index contributed by atoms with van der Waals surface area (Å²) in [5.41, 5.74) is 3.87. The van der Waals surface area contributed by atoms with Crippen LogP contribution in [0, 0.1) is 0 Å². The molecule has 119 valence electrons. The monoisotopic (exact) mass is 313 g/mol. The first-order valence-electron chi connectivity index (χ1n) is 8.52. The van der Waals surface area contributed by atoms with Crippen LogP contribution in [0.15, 0.2) is 91.0 Å². The predicted octanol–water partition coefficient (Wildman–Crippen LogP) is 4.59. The molecule has 2 atom stereocenters. The van der Waals surface area contributed by atoms with E-state index in [-0.39, 0.29) is 12.1 Å². The van der Waals surface area contributed by atoms with Gasteiger partial charge in [0.05, 0.1) is 12.1 Å². The van der Waals surface area contributed by atoms with Crippen molar-refractivity contribution < 1.29 is 0 Å². The second-order valence-corrected chi connectivity index (χ2v) is 6.15. The second kappa shape index (κ2) is 6.90. The predicted molar refractivity (Wildman–Crippen MR) is 99.2 cm³/mol. The number of rotatable bonds is 3. The fourth-order valence-electron chi connectivity index (χ4n) is 3.57. The maximum absolute atomic E-state index is 4.99. The minimum atomic E-state index is 0.155. The summed E-state index contributed by atoms with van der Waals surface area (Å²) < 4.78 is 0. The first-order valence-corrected chi connectivity index (χ1v) is 8.52. The Bertz CT molecular complexity index is 708. The number of anilines is 1. The number of hydrogen-bond donors (Lipinski definition) is 0. The van der Waals surface area contributed by atoms with Gasteiger partial charge in [-0.05, 0) is 23.3 Å². The van der Waals surface area contributed by atoms with Crippen molar-refractivity contribution in [3.63, 3.8) is 0 Å². The van der Waals surface area contributed by atoms with Crippen molar-refractivity contribution in [3.05, 3.63) is 102 Å². The van der Waals surface area contributed by atoms with Crippen LogP contribution in [0.3, 0.4) is 0 Å². The molecule has 4 rings (SSSR count). The first kappa shape index (κ1) is 15.0. The molecule has 1 saturated heterocycles. The second-order valence-electron chi connectivity index (χ2n) is 6.15. The highest BCUT2D eigenvalue weighted by molar-refractivity contribution is 5.51. The summed E-state index contributed by atoms with van der Waals surface area (Å²) >= 11 is 0. The number of piperazine rings is 1. The SMILES string of the molecule is c1ccc(C2[N]CCN(c3ccccc3)C2c2ccccc2)cc1. The Hall–Kier alpha value is -2.58. The van der Waals surface area contributed by atoms with Crippen molar-refractivity contribution in [3.8, 4) is 0 Å². The topological polar surface area (TPSA) is 17.3 Å². The van der Waals surface area contributed by atoms with Gasteiger partial charge in [-0.2, -0.15) is 0 Å². The van der Waals surface area contributed by atoms with E-state index in [1.54, 1.807) is 0 Å². The van der Waals surface area contributed by atoms with Crippen LogP contribution in [0.2, 0.25) is 0 Å². The standard InChI is InChI=1S/C22H21N2/c1-4-10-18(11-5-1)21-22(19-12-6-2-7-13-19)24(17-16-23-21)20-14-8-3-9-15-20/h1-15,21-22H,16-17H2. The normalized spacial score (nSPS) is 20.8. The van der Waals surface area contributed by atoms with Gasteiger partial charge in [-0.25, -0.2) is 5.32 Å². The highest BCUT2D eigenvalue weighted by atomic mass is 15.2. The number of nitrogens with zero attached hydrogens (tertiary/aromatic N) is 2. The van der Waals surface area contributed by atoms with Gasteiger partial charge >= 0.3 is 0 Å². The summed E-state index contributed by atoms with van der Waals surface area (Å²) in [6, 6.07) is 32.5. The average molecular weight is 313 g/mol. The molecule has 0 bridgehead atoms. The highest BCUT2D eigenvalue weighted by Gasteiger charge is 2.34. The minimum absolute atomic E-state index is 0.155. The van der Waals surface area contributed by atoms with Gasteiger partial charge < -0.3 is 4.90 Å². The van der Waals surface area contributed by atoms with Crippen molar-refractivity contribution in [1.29, 1.82) is 0 Å². The van der Waals surface area contributed by atoms with Crippen LogP contribution in [0.1, 0.15) is 23.2 Å². The zero-order valence-corrected chi connectivity index (χ0v) is 13.6. The Labute approximate surface area is 143 Å². The number of hydrogen-bond acceptors (Lipinski definition) is 1. The summed E-state index contributed by atoms with van der Waals surface area (Å²) in [7, 11) is 0. The summed E-state index contributed by atoms with van der Waals surface area (Å²) in [5, 5.41) is 4.99. The molecule has 3 aromatic rings. The van der Waals surface area contributed by atoms with Crippen molar-refractivity contribution in [2.24, 2.45) is 0 Å². The Balaban J connectivity index is 1.79. The average Bonchev–Trinajstić information content (AvgIpc) is 2.69. The van der Waals surface area contributed by atoms with Crippen molar-refractivity contribution in [2.45, 2.75) is 12.1 Å². The number of para-hydroxylation sites is 1. The van der Waals surface area contributed by atoms with Gasteiger partial charge in [0.25, 0.3) is 0 Å². The van der Waals surface area contributed by atoms with E-state index < -0.39 is 0 Å². The molecule has 24 heavy (non-hydrogen) atoms. The van der Waals surface area contributed by atoms with E-state index in [1.807, 2.05) is 0 Å². The molecule has 0 aromatic heterocycles.